The number of nitrogens with zero attached hydrogens (tertiary/aromatic N) is 1. The number of carbonyl (C=O) groups is 1. The molecule has 100 valence electrons. The van der Waals surface area contributed by atoms with Crippen LogP contribution in [0.1, 0.15) is 31.2 Å². The van der Waals surface area contributed by atoms with Crippen LogP contribution in [-0.2, 0) is 11.3 Å². The molecule has 5 heteroatoms. The van der Waals surface area contributed by atoms with Crippen molar-refractivity contribution in [3.05, 3.63) is 35.9 Å². The van der Waals surface area contributed by atoms with Crippen molar-refractivity contribution in [2.75, 3.05) is 0 Å². The first-order valence-corrected chi connectivity index (χ1v) is 6.80. The number of carbonyl (C=O) groups excluding carboxylic acids is 1. The Morgan fingerprint density at radius 1 is 1.26 bits per heavy atom. The Morgan fingerprint density at radius 3 is 2.79 bits per heavy atom. The number of ketones is 1. The monoisotopic (exact) mass is 275 g/mol. The van der Waals surface area contributed by atoms with Gasteiger partial charge in [0.15, 0.2) is 5.11 Å². The molecule has 2 N–H and O–H groups in total. The van der Waals surface area contributed by atoms with E-state index < -0.39 is 0 Å². The van der Waals surface area contributed by atoms with E-state index in [1.165, 1.54) is 0 Å². The molecule has 2 rings (SSSR count). The molecule has 0 amide bonds. The van der Waals surface area contributed by atoms with Crippen LogP contribution in [0.5, 0.6) is 0 Å². The van der Waals surface area contributed by atoms with Crippen molar-refractivity contribution in [2.45, 2.75) is 32.2 Å². The lowest BCUT2D eigenvalue weighted by molar-refractivity contribution is -0.118. The number of nitrogens with one attached hydrogen (secondary N) is 2. The molecule has 0 saturated heterocycles. The van der Waals surface area contributed by atoms with E-state index in [-0.39, 0.29) is 5.78 Å². The Bertz CT molecular complexity index is 485. The number of Topliss-reactive ketones (excluding diaryl/α,β-unsaturated/α-hetero) is 1. The summed E-state index contributed by atoms with van der Waals surface area (Å²) in [4.78, 5) is 11.3. The van der Waals surface area contributed by atoms with Gasteiger partial charge in [-0.25, -0.2) is 0 Å². The second-order valence-corrected chi connectivity index (χ2v) is 4.94. The Kier molecular flexibility index (Phi) is 5.03. The maximum Gasteiger partial charge on any atom is 0.187 e. The lowest BCUT2D eigenvalue weighted by Crippen LogP contribution is -2.32. The number of hydrogen-bond donors (Lipinski definition) is 2. The van der Waals surface area contributed by atoms with Crippen LogP contribution in [0, 0.1) is 0 Å². The lowest BCUT2D eigenvalue weighted by Gasteiger charge is -2.12. The highest BCUT2D eigenvalue weighted by molar-refractivity contribution is 7.80. The SMILES string of the molecule is O=C1CCC/C(=N/NC(=S)NCc2ccccc2)C1. The molecular formula is C14H17N3OS. The molecule has 1 aromatic rings. The Labute approximate surface area is 118 Å². The van der Waals surface area contributed by atoms with Crippen LogP contribution >= 0.6 is 12.2 Å². The van der Waals surface area contributed by atoms with Gasteiger partial charge in [0.25, 0.3) is 0 Å². The molecule has 1 saturated carbocycles. The van der Waals surface area contributed by atoms with Gasteiger partial charge in [-0.1, -0.05) is 30.3 Å². The normalized spacial score (nSPS) is 17.3. The number of rotatable bonds is 3. The molecule has 1 aromatic carbocycles. The first kappa shape index (κ1) is 13.7. The fourth-order valence-corrected chi connectivity index (χ4v) is 2.05. The van der Waals surface area contributed by atoms with Gasteiger partial charge >= 0.3 is 0 Å². The third-order valence-corrected chi connectivity index (χ3v) is 3.17. The minimum absolute atomic E-state index is 0.259. The predicted octanol–water partition coefficient (Wildman–Crippen LogP) is 2.15. The van der Waals surface area contributed by atoms with E-state index in [1.54, 1.807) is 0 Å². The Morgan fingerprint density at radius 2 is 2.05 bits per heavy atom. The smallest absolute Gasteiger partial charge is 0.187 e. The summed E-state index contributed by atoms with van der Waals surface area (Å²) in [5, 5.41) is 7.75. The standard InChI is InChI=1S/C14H17N3OS/c18-13-8-4-7-12(9-13)16-17-14(19)15-10-11-5-2-1-3-6-11/h1-3,5-6H,4,7-10H2,(H2,15,17,19)/b16-12-. The van der Waals surface area contributed by atoms with Crippen LogP contribution < -0.4 is 10.7 Å². The summed E-state index contributed by atoms with van der Waals surface area (Å²) in [5.41, 5.74) is 4.85. The Hall–Kier alpha value is -1.75. The van der Waals surface area contributed by atoms with Gasteiger partial charge in [0.2, 0.25) is 0 Å². The predicted molar refractivity (Wildman–Crippen MR) is 79.9 cm³/mol. The van der Waals surface area contributed by atoms with E-state index in [0.717, 1.165) is 24.1 Å². The van der Waals surface area contributed by atoms with Gasteiger partial charge in [0, 0.05) is 25.1 Å². The highest BCUT2D eigenvalue weighted by Crippen LogP contribution is 2.11. The largest absolute Gasteiger partial charge is 0.357 e. The third-order valence-electron chi connectivity index (χ3n) is 2.93. The molecule has 0 bridgehead atoms. The molecule has 1 fully saturated rings. The third kappa shape index (κ3) is 4.79. The zero-order valence-electron chi connectivity index (χ0n) is 10.7. The average Bonchev–Trinajstić information content (AvgIpc) is 2.44. The fourth-order valence-electron chi connectivity index (χ4n) is 1.94. The second-order valence-electron chi connectivity index (χ2n) is 4.53. The molecule has 4 nitrogen and oxygen atoms in total. The summed E-state index contributed by atoms with van der Waals surface area (Å²) in [7, 11) is 0. The van der Waals surface area contributed by atoms with Gasteiger partial charge in [0.1, 0.15) is 5.78 Å². The topological polar surface area (TPSA) is 53.5 Å². The van der Waals surface area contributed by atoms with Gasteiger partial charge in [-0.05, 0) is 30.6 Å². The lowest BCUT2D eigenvalue weighted by atomic mass is 9.97. The van der Waals surface area contributed by atoms with Crippen molar-refractivity contribution in [2.24, 2.45) is 5.10 Å². The molecule has 19 heavy (non-hydrogen) atoms. The summed E-state index contributed by atoms with van der Waals surface area (Å²) in [6.45, 7) is 0.663. The van der Waals surface area contributed by atoms with E-state index in [2.05, 4.69) is 15.8 Å². The van der Waals surface area contributed by atoms with Gasteiger partial charge in [-0.15, -0.1) is 0 Å². The summed E-state index contributed by atoms with van der Waals surface area (Å²) in [6.07, 6.45) is 2.90. The van der Waals surface area contributed by atoms with Gasteiger partial charge in [-0.3, -0.25) is 10.2 Å². The number of benzene rings is 1. The van der Waals surface area contributed by atoms with Crippen LogP contribution in [0.4, 0.5) is 0 Å². The molecule has 1 aliphatic carbocycles. The van der Waals surface area contributed by atoms with E-state index in [4.69, 9.17) is 12.2 Å². The highest BCUT2D eigenvalue weighted by Gasteiger charge is 2.14. The van der Waals surface area contributed by atoms with Crippen LogP contribution in [0.15, 0.2) is 35.4 Å². The molecule has 0 radical (unpaired) electrons. The zero-order chi connectivity index (χ0) is 13.5. The van der Waals surface area contributed by atoms with Crippen molar-refractivity contribution in [3.8, 4) is 0 Å². The van der Waals surface area contributed by atoms with Gasteiger partial charge in [0.05, 0.1) is 0 Å². The van der Waals surface area contributed by atoms with Crippen LogP contribution in [0.3, 0.4) is 0 Å². The summed E-state index contributed by atoms with van der Waals surface area (Å²) >= 11 is 5.14. The minimum Gasteiger partial charge on any atom is -0.357 e. The van der Waals surface area contributed by atoms with Crippen molar-refractivity contribution < 1.29 is 4.79 Å². The van der Waals surface area contributed by atoms with E-state index in [0.29, 0.717) is 24.5 Å². The van der Waals surface area contributed by atoms with Gasteiger partial charge in [-0.2, -0.15) is 5.10 Å². The molecule has 1 aliphatic rings. The summed E-state index contributed by atoms with van der Waals surface area (Å²) < 4.78 is 0. The quantitative estimate of drug-likeness (QED) is 0.655. The minimum atomic E-state index is 0.259. The van der Waals surface area contributed by atoms with E-state index in [1.807, 2.05) is 30.3 Å². The van der Waals surface area contributed by atoms with Crippen LogP contribution in [-0.4, -0.2) is 16.6 Å². The molecule has 0 unspecified atom stereocenters. The molecule has 0 atom stereocenters. The first-order chi connectivity index (χ1) is 9.24. The average molecular weight is 275 g/mol. The molecule has 0 heterocycles. The van der Waals surface area contributed by atoms with Crippen molar-refractivity contribution >= 4 is 28.8 Å². The highest BCUT2D eigenvalue weighted by atomic mass is 32.1. The van der Waals surface area contributed by atoms with E-state index in [9.17, 15) is 4.79 Å². The zero-order valence-corrected chi connectivity index (χ0v) is 11.5. The van der Waals surface area contributed by atoms with Crippen LogP contribution in [0.2, 0.25) is 0 Å². The fraction of sp³-hybridized carbons (Fsp3) is 0.357. The number of thiocarbonyl (C=S) groups is 1. The van der Waals surface area contributed by atoms with Crippen LogP contribution in [0.25, 0.3) is 0 Å². The maximum absolute atomic E-state index is 11.3. The Balaban J connectivity index is 1.75. The summed E-state index contributed by atoms with van der Waals surface area (Å²) in [5.74, 6) is 0.259. The van der Waals surface area contributed by atoms with Crippen molar-refractivity contribution in [1.29, 1.82) is 0 Å². The van der Waals surface area contributed by atoms with Crippen molar-refractivity contribution in [1.82, 2.24) is 10.7 Å². The molecule has 0 aromatic heterocycles. The molecular weight excluding hydrogens is 258 g/mol. The van der Waals surface area contributed by atoms with Gasteiger partial charge < -0.3 is 5.32 Å². The second kappa shape index (κ2) is 6.99. The maximum atomic E-state index is 11.3. The molecule has 0 aliphatic heterocycles. The van der Waals surface area contributed by atoms with Crippen molar-refractivity contribution in [3.63, 3.8) is 0 Å². The number of hydrogen-bond acceptors (Lipinski definition) is 3. The first-order valence-electron chi connectivity index (χ1n) is 6.39. The van der Waals surface area contributed by atoms with E-state index >= 15 is 0 Å². The molecule has 0 spiro atoms. The summed E-state index contributed by atoms with van der Waals surface area (Å²) in [6, 6.07) is 10.0. The number of hydrazone groups is 1.